The Balaban J connectivity index is 3.12. The Morgan fingerprint density at radius 1 is 1.57 bits per heavy atom. The van der Waals surface area contributed by atoms with Crippen LogP contribution in [-0.2, 0) is 4.79 Å². The average molecular weight is 215 g/mol. The van der Waals surface area contributed by atoms with Crippen molar-refractivity contribution < 1.29 is 14.3 Å². The van der Waals surface area contributed by atoms with Gasteiger partial charge in [-0.15, -0.1) is 0 Å². The van der Waals surface area contributed by atoms with Crippen LogP contribution >= 0.6 is 11.6 Å². The molecule has 0 radical (unpaired) electrons. The van der Waals surface area contributed by atoms with Crippen molar-refractivity contribution in [3.8, 4) is 0 Å². The molecule has 0 spiro atoms. The molecule has 1 aromatic rings. The van der Waals surface area contributed by atoms with Gasteiger partial charge >= 0.3 is 5.97 Å². The Morgan fingerprint density at radius 3 is 2.79 bits per heavy atom. The van der Waals surface area contributed by atoms with E-state index in [1.54, 1.807) is 0 Å². The fourth-order valence-corrected chi connectivity index (χ4v) is 1.19. The van der Waals surface area contributed by atoms with E-state index in [9.17, 15) is 9.18 Å². The summed E-state index contributed by atoms with van der Waals surface area (Å²) in [7, 11) is 0. The van der Waals surface area contributed by atoms with Crippen molar-refractivity contribution in [2.24, 2.45) is 0 Å². The van der Waals surface area contributed by atoms with Gasteiger partial charge in [-0.25, -0.2) is 9.18 Å². The summed E-state index contributed by atoms with van der Waals surface area (Å²) in [6, 6.07) is 2.69. The molecule has 0 aliphatic heterocycles. The minimum atomic E-state index is -1.07. The Labute approximate surface area is 85.6 Å². The van der Waals surface area contributed by atoms with Crippen molar-refractivity contribution in [3.63, 3.8) is 0 Å². The highest BCUT2D eigenvalue weighted by atomic mass is 35.5. The third-order valence-corrected chi connectivity index (χ3v) is 2.26. The van der Waals surface area contributed by atoms with Crippen LogP contribution in [0.2, 0.25) is 5.02 Å². The van der Waals surface area contributed by atoms with Gasteiger partial charge in [-0.05, 0) is 24.6 Å². The van der Waals surface area contributed by atoms with Crippen LogP contribution in [0, 0.1) is 12.7 Å². The molecule has 1 aromatic carbocycles. The van der Waals surface area contributed by atoms with E-state index in [1.165, 1.54) is 25.1 Å². The SMILES string of the molecule is Cc1c(F)ccc(/C=C/C(=O)O)c1Cl. The van der Waals surface area contributed by atoms with Crippen LogP contribution in [0.25, 0.3) is 6.08 Å². The Morgan fingerprint density at radius 2 is 2.21 bits per heavy atom. The van der Waals surface area contributed by atoms with Gasteiger partial charge in [0.05, 0.1) is 5.02 Å². The third-order valence-electron chi connectivity index (χ3n) is 1.76. The molecule has 0 atom stereocenters. The van der Waals surface area contributed by atoms with Gasteiger partial charge in [0.1, 0.15) is 5.82 Å². The lowest BCUT2D eigenvalue weighted by Gasteiger charge is -2.02. The zero-order valence-corrected chi connectivity index (χ0v) is 8.18. The smallest absolute Gasteiger partial charge is 0.328 e. The number of carboxylic acid groups (broad SMARTS) is 1. The van der Waals surface area contributed by atoms with Gasteiger partial charge in [-0.1, -0.05) is 17.7 Å². The maximum atomic E-state index is 12.9. The van der Waals surface area contributed by atoms with Gasteiger partial charge in [0.15, 0.2) is 0 Å². The molecule has 14 heavy (non-hydrogen) atoms. The molecule has 0 saturated carbocycles. The molecule has 1 N–H and O–H groups in total. The second-order valence-electron chi connectivity index (χ2n) is 2.75. The van der Waals surface area contributed by atoms with Gasteiger partial charge in [0.25, 0.3) is 0 Å². The zero-order chi connectivity index (χ0) is 10.7. The summed E-state index contributed by atoms with van der Waals surface area (Å²) in [5, 5.41) is 8.62. The van der Waals surface area contributed by atoms with E-state index in [0.29, 0.717) is 11.1 Å². The predicted molar refractivity (Wildman–Crippen MR) is 52.8 cm³/mol. The number of carbonyl (C=O) groups is 1. The normalized spacial score (nSPS) is 10.8. The molecule has 0 saturated heterocycles. The number of rotatable bonds is 2. The summed E-state index contributed by atoms with van der Waals surface area (Å²) in [4.78, 5) is 10.2. The van der Waals surface area contributed by atoms with Crippen LogP contribution < -0.4 is 0 Å². The number of aliphatic carboxylic acids is 1. The standard InChI is InChI=1S/C10H8ClFO2/c1-6-8(12)4-2-7(10(6)11)3-5-9(13)14/h2-5H,1H3,(H,13,14)/b5-3+. The number of hydrogen-bond acceptors (Lipinski definition) is 1. The van der Waals surface area contributed by atoms with E-state index in [0.717, 1.165) is 6.08 Å². The average Bonchev–Trinajstić information content (AvgIpc) is 2.13. The van der Waals surface area contributed by atoms with Crippen molar-refractivity contribution in [1.29, 1.82) is 0 Å². The van der Waals surface area contributed by atoms with Crippen LogP contribution in [0.5, 0.6) is 0 Å². The summed E-state index contributed by atoms with van der Waals surface area (Å²) in [5.41, 5.74) is 0.812. The van der Waals surface area contributed by atoms with Crippen LogP contribution in [0.15, 0.2) is 18.2 Å². The molecule has 2 nitrogen and oxygen atoms in total. The van der Waals surface area contributed by atoms with Gasteiger partial charge in [0, 0.05) is 11.6 Å². The van der Waals surface area contributed by atoms with Crippen molar-refractivity contribution in [2.75, 3.05) is 0 Å². The topological polar surface area (TPSA) is 37.3 Å². The van der Waals surface area contributed by atoms with E-state index in [4.69, 9.17) is 16.7 Å². The first kappa shape index (κ1) is 10.7. The largest absolute Gasteiger partial charge is 0.478 e. The second-order valence-corrected chi connectivity index (χ2v) is 3.13. The molecule has 0 aliphatic carbocycles. The highest BCUT2D eigenvalue weighted by Crippen LogP contribution is 2.23. The van der Waals surface area contributed by atoms with Crippen LogP contribution in [0.4, 0.5) is 4.39 Å². The number of hydrogen-bond donors (Lipinski definition) is 1. The summed E-state index contributed by atoms with van der Waals surface area (Å²) < 4.78 is 12.9. The number of halogens is 2. The molecule has 1 rings (SSSR count). The van der Waals surface area contributed by atoms with Crippen molar-refractivity contribution in [1.82, 2.24) is 0 Å². The molecule has 0 unspecified atom stereocenters. The quantitative estimate of drug-likeness (QED) is 0.769. The maximum absolute atomic E-state index is 12.9. The third kappa shape index (κ3) is 2.33. The number of benzene rings is 1. The van der Waals surface area contributed by atoms with E-state index >= 15 is 0 Å². The van der Waals surface area contributed by atoms with E-state index in [-0.39, 0.29) is 5.02 Å². The molecular weight excluding hydrogens is 207 g/mol. The summed E-state index contributed by atoms with van der Waals surface area (Å²) >= 11 is 5.80. The molecule has 74 valence electrons. The predicted octanol–water partition coefficient (Wildman–Crippen LogP) is 2.89. The fraction of sp³-hybridized carbons (Fsp3) is 0.100. The molecule has 0 fully saturated rings. The molecule has 0 aliphatic rings. The lowest BCUT2D eigenvalue weighted by molar-refractivity contribution is -0.131. The number of carboxylic acids is 1. The Kier molecular flexibility index (Phi) is 3.25. The lowest BCUT2D eigenvalue weighted by Crippen LogP contribution is -1.89. The molecule has 0 aromatic heterocycles. The highest BCUT2D eigenvalue weighted by Gasteiger charge is 2.05. The van der Waals surface area contributed by atoms with Crippen LogP contribution in [-0.4, -0.2) is 11.1 Å². The fourth-order valence-electron chi connectivity index (χ4n) is 0.972. The lowest BCUT2D eigenvalue weighted by atomic mass is 10.1. The van der Waals surface area contributed by atoms with Crippen LogP contribution in [0.1, 0.15) is 11.1 Å². The monoisotopic (exact) mass is 214 g/mol. The summed E-state index contributed by atoms with van der Waals surface area (Å²) in [5.74, 6) is -1.47. The molecule has 0 bridgehead atoms. The first-order valence-electron chi connectivity index (χ1n) is 3.88. The van der Waals surface area contributed by atoms with Crippen molar-refractivity contribution >= 4 is 23.6 Å². The minimum Gasteiger partial charge on any atom is -0.478 e. The zero-order valence-electron chi connectivity index (χ0n) is 7.42. The van der Waals surface area contributed by atoms with E-state index in [2.05, 4.69) is 0 Å². The van der Waals surface area contributed by atoms with Crippen molar-refractivity contribution in [3.05, 3.63) is 40.2 Å². The van der Waals surface area contributed by atoms with Gasteiger partial charge < -0.3 is 5.11 Å². The van der Waals surface area contributed by atoms with Gasteiger partial charge in [0.2, 0.25) is 0 Å². The second kappa shape index (κ2) is 4.24. The summed E-state index contributed by atoms with van der Waals surface area (Å²) in [6.45, 7) is 1.54. The minimum absolute atomic E-state index is 0.238. The maximum Gasteiger partial charge on any atom is 0.328 e. The first-order valence-corrected chi connectivity index (χ1v) is 4.26. The van der Waals surface area contributed by atoms with Gasteiger partial charge in [-0.2, -0.15) is 0 Å². The molecule has 4 heteroatoms. The Hall–Kier alpha value is -1.35. The molecular formula is C10H8ClFO2. The van der Waals surface area contributed by atoms with E-state index < -0.39 is 11.8 Å². The Bertz CT molecular complexity index is 399. The highest BCUT2D eigenvalue weighted by molar-refractivity contribution is 6.32. The summed E-state index contributed by atoms with van der Waals surface area (Å²) in [6.07, 6.45) is 2.29. The first-order chi connectivity index (χ1) is 6.52. The van der Waals surface area contributed by atoms with Crippen molar-refractivity contribution in [2.45, 2.75) is 6.92 Å². The van der Waals surface area contributed by atoms with E-state index in [1.807, 2.05) is 0 Å². The molecule has 0 amide bonds. The van der Waals surface area contributed by atoms with Gasteiger partial charge in [-0.3, -0.25) is 0 Å². The molecule has 0 heterocycles. The van der Waals surface area contributed by atoms with Crippen LogP contribution in [0.3, 0.4) is 0 Å².